The summed E-state index contributed by atoms with van der Waals surface area (Å²) in [5, 5.41) is 27.7. The fraction of sp³-hybridized carbons (Fsp3) is 0. The van der Waals surface area contributed by atoms with Gasteiger partial charge in [0.1, 0.15) is 0 Å². The molecule has 0 aliphatic heterocycles. The smallest absolute Gasteiger partial charge is 0.00201 e. The zero-order chi connectivity index (χ0) is 48.4. The summed E-state index contributed by atoms with van der Waals surface area (Å²) in [7, 11) is 0. The molecule has 0 unspecified atom stereocenters. The normalized spacial score (nSPS) is 12.1. The first-order chi connectivity index (χ1) is 36.7. The zero-order valence-corrected chi connectivity index (χ0v) is 40.4. The first-order valence-electron chi connectivity index (χ1n) is 25.8. The maximum absolute atomic E-state index is 2.44. The van der Waals surface area contributed by atoms with Crippen LogP contribution >= 0.6 is 0 Å². The Morgan fingerprint density at radius 1 is 0.135 bits per heavy atom. The Hall–Kier alpha value is -9.62. The predicted octanol–water partition coefficient (Wildman–Crippen LogP) is 21.0. The molecule has 0 fully saturated rings. The summed E-state index contributed by atoms with van der Waals surface area (Å²) in [6, 6.07) is 100. The molecule has 16 rings (SSSR count). The van der Waals surface area contributed by atoms with Gasteiger partial charge in [-0.05, 0) is 199 Å². The molecular weight excluding hydrogens is 889 g/mol. The van der Waals surface area contributed by atoms with E-state index in [-0.39, 0.29) is 0 Å². The second kappa shape index (κ2) is 15.9. The van der Waals surface area contributed by atoms with E-state index in [1.165, 1.54) is 163 Å². The lowest BCUT2D eigenvalue weighted by Gasteiger charge is -2.21. The number of hydrogen-bond donors (Lipinski definition) is 0. The molecule has 0 N–H and O–H groups in total. The first-order valence-corrected chi connectivity index (χ1v) is 25.8. The average Bonchev–Trinajstić information content (AvgIpc) is 3.46. The summed E-state index contributed by atoms with van der Waals surface area (Å²) < 4.78 is 0. The third-order valence-electron chi connectivity index (χ3n) is 16.3. The van der Waals surface area contributed by atoms with Crippen molar-refractivity contribution in [3.8, 4) is 44.5 Å². The van der Waals surface area contributed by atoms with Crippen LogP contribution in [-0.2, 0) is 0 Å². The van der Waals surface area contributed by atoms with Gasteiger partial charge in [-0.15, -0.1) is 0 Å². The lowest BCUT2D eigenvalue weighted by Crippen LogP contribution is -1.94. The van der Waals surface area contributed by atoms with Crippen LogP contribution in [0.1, 0.15) is 0 Å². The van der Waals surface area contributed by atoms with Gasteiger partial charge in [0, 0.05) is 0 Å². The Morgan fingerprint density at radius 3 is 0.743 bits per heavy atom. The molecule has 0 bridgehead atoms. The minimum Gasteiger partial charge on any atom is -0.0616 e. The minimum absolute atomic E-state index is 1.23. The number of benzene rings is 16. The number of rotatable bonds is 4. The Bertz CT molecular complexity index is 4640. The van der Waals surface area contributed by atoms with Gasteiger partial charge in [0.15, 0.2) is 0 Å². The van der Waals surface area contributed by atoms with Gasteiger partial charge in [0.05, 0.1) is 0 Å². The van der Waals surface area contributed by atoms with Crippen LogP contribution < -0.4 is 0 Å². The Balaban J connectivity index is 0.911. The monoisotopic (exact) mass is 932 g/mol. The van der Waals surface area contributed by atoms with Crippen molar-refractivity contribution in [1.82, 2.24) is 0 Å². The van der Waals surface area contributed by atoms with Crippen LogP contribution in [0, 0.1) is 0 Å². The van der Waals surface area contributed by atoms with Crippen molar-refractivity contribution >= 4 is 118 Å². The van der Waals surface area contributed by atoms with Crippen molar-refractivity contribution in [3.05, 3.63) is 267 Å². The average molecular weight is 933 g/mol. The van der Waals surface area contributed by atoms with Gasteiger partial charge in [-0.3, -0.25) is 0 Å². The second-order valence-electron chi connectivity index (χ2n) is 20.2. The van der Waals surface area contributed by atoms with Gasteiger partial charge in [-0.25, -0.2) is 0 Å². The molecule has 16 aromatic rings. The van der Waals surface area contributed by atoms with Crippen LogP contribution in [0.4, 0.5) is 0 Å². The number of fused-ring (bicyclic) bond motifs is 13. The van der Waals surface area contributed by atoms with E-state index in [4.69, 9.17) is 0 Å². The zero-order valence-electron chi connectivity index (χ0n) is 40.4. The summed E-state index contributed by atoms with van der Waals surface area (Å²) in [6.45, 7) is 0. The molecule has 0 heteroatoms. The lowest BCUT2D eigenvalue weighted by atomic mass is 9.81. The van der Waals surface area contributed by atoms with Crippen LogP contribution in [0.25, 0.3) is 163 Å². The third kappa shape index (κ3) is 6.09. The molecule has 16 aromatic carbocycles. The maximum atomic E-state index is 2.44. The van der Waals surface area contributed by atoms with E-state index < -0.39 is 0 Å². The molecule has 0 atom stereocenters. The van der Waals surface area contributed by atoms with E-state index in [1.54, 1.807) is 0 Å². The molecule has 74 heavy (non-hydrogen) atoms. The van der Waals surface area contributed by atoms with E-state index in [1.807, 2.05) is 0 Å². The molecule has 0 radical (unpaired) electrons. The van der Waals surface area contributed by atoms with Crippen molar-refractivity contribution in [2.45, 2.75) is 0 Å². The van der Waals surface area contributed by atoms with Crippen molar-refractivity contribution in [3.63, 3.8) is 0 Å². The fourth-order valence-corrected chi connectivity index (χ4v) is 13.0. The van der Waals surface area contributed by atoms with Crippen LogP contribution in [0.2, 0.25) is 0 Å². The van der Waals surface area contributed by atoms with E-state index in [0.29, 0.717) is 0 Å². The summed E-state index contributed by atoms with van der Waals surface area (Å²) in [5.74, 6) is 0. The highest BCUT2D eigenvalue weighted by Crippen LogP contribution is 2.50. The molecule has 0 spiro atoms. The second-order valence-corrected chi connectivity index (χ2v) is 20.2. The summed E-state index contributed by atoms with van der Waals surface area (Å²) >= 11 is 0. The van der Waals surface area contributed by atoms with E-state index in [0.717, 1.165) is 0 Å². The van der Waals surface area contributed by atoms with Crippen LogP contribution in [0.5, 0.6) is 0 Å². The van der Waals surface area contributed by atoms with E-state index in [2.05, 4.69) is 267 Å². The van der Waals surface area contributed by atoms with E-state index in [9.17, 15) is 0 Å². The van der Waals surface area contributed by atoms with Gasteiger partial charge in [-0.2, -0.15) is 0 Å². The highest BCUT2D eigenvalue weighted by Gasteiger charge is 2.23. The third-order valence-corrected chi connectivity index (χ3v) is 16.3. The van der Waals surface area contributed by atoms with Crippen molar-refractivity contribution < 1.29 is 0 Å². The van der Waals surface area contributed by atoms with Gasteiger partial charge in [0.2, 0.25) is 0 Å². The maximum Gasteiger partial charge on any atom is -0.00201 e. The van der Waals surface area contributed by atoms with Gasteiger partial charge < -0.3 is 0 Å². The predicted molar refractivity (Wildman–Crippen MR) is 321 cm³/mol. The quantitative estimate of drug-likeness (QED) is 0.122. The largest absolute Gasteiger partial charge is 0.0616 e. The summed E-state index contributed by atoms with van der Waals surface area (Å²) in [6.07, 6.45) is 0. The molecule has 0 heterocycles. The molecule has 0 aliphatic carbocycles. The van der Waals surface area contributed by atoms with Crippen molar-refractivity contribution in [1.29, 1.82) is 0 Å². The minimum atomic E-state index is 1.23. The molecule has 0 aliphatic rings. The molecular formula is C74H44. The van der Waals surface area contributed by atoms with Crippen LogP contribution in [-0.4, -0.2) is 0 Å². The van der Waals surface area contributed by atoms with Crippen molar-refractivity contribution in [2.24, 2.45) is 0 Å². The van der Waals surface area contributed by atoms with Gasteiger partial charge in [-0.1, -0.05) is 231 Å². The van der Waals surface area contributed by atoms with Gasteiger partial charge in [0.25, 0.3) is 0 Å². The molecule has 0 amide bonds. The van der Waals surface area contributed by atoms with E-state index >= 15 is 0 Å². The summed E-state index contributed by atoms with van der Waals surface area (Å²) in [4.78, 5) is 0. The Morgan fingerprint density at radius 2 is 0.392 bits per heavy atom. The Labute approximate surface area is 427 Å². The highest BCUT2D eigenvalue weighted by molar-refractivity contribution is 6.28. The molecule has 340 valence electrons. The first kappa shape index (κ1) is 41.0. The summed E-state index contributed by atoms with van der Waals surface area (Å²) in [5.41, 5.74) is 10.0. The lowest BCUT2D eigenvalue weighted by molar-refractivity contribution is 1.67. The Kier molecular flexibility index (Phi) is 8.84. The van der Waals surface area contributed by atoms with Crippen LogP contribution in [0.15, 0.2) is 267 Å². The molecule has 0 aromatic heterocycles. The van der Waals surface area contributed by atoms with Crippen LogP contribution in [0.3, 0.4) is 0 Å². The van der Waals surface area contributed by atoms with Crippen molar-refractivity contribution in [2.75, 3.05) is 0 Å². The SMILES string of the molecule is c1ccc2cc3c(ccc4ccc(-c5c6ccccc6c(-c6ccc(-c7c8ccccc8c(-c8ccc9ccc%10cc%11ccccc%11cc%10c9c8)c8ccccc78)c7ccccc67)c6ccccc56)cc43)cc2c1. The molecule has 0 nitrogen and oxygen atoms in total. The highest BCUT2D eigenvalue weighted by atomic mass is 14.3. The standard InChI is InChI=1S/C74H44/c1-3-17-49-41-69-51(39-47(49)15-1)33-29-45-31-35-53(43-67(45)69)71-57-21-7-11-25-61(57)73(62-26-12-8-22-58(62)71)65-37-38-66(56-20-6-5-19-55(56)65)74-63-27-13-9-23-59(63)72(60-24-10-14-28-64(60)74)54-36-32-46-30-34-52-40-48-16-2-4-18-50(48)42-70(52)68(46)44-54/h1-44H. The molecule has 0 saturated heterocycles. The topological polar surface area (TPSA) is 0 Å². The fourth-order valence-electron chi connectivity index (χ4n) is 13.0. The molecule has 0 saturated carbocycles. The van der Waals surface area contributed by atoms with Gasteiger partial charge >= 0.3 is 0 Å². The number of hydrogen-bond acceptors (Lipinski definition) is 0.